The van der Waals surface area contributed by atoms with E-state index >= 15 is 0 Å². The molecule has 0 bridgehead atoms. The van der Waals surface area contributed by atoms with E-state index in [-0.39, 0.29) is 0 Å². The highest BCUT2D eigenvalue weighted by atomic mass is 15.1. The zero-order valence-electron chi connectivity index (χ0n) is 55.7. The number of hydrogen-bond acceptors (Lipinski definition) is 2. The average molecular weight is 1300 g/mol. The van der Waals surface area contributed by atoms with Gasteiger partial charge in [0.1, 0.15) is 11.6 Å². The van der Waals surface area contributed by atoms with Crippen molar-refractivity contribution in [2.75, 3.05) is 0 Å². The standard InChI is InChI=1S/C53H34N2.C45H30N2/c1-2-16-44(17-3-1)55-50-21-11-10-20-49(50)54-53(55)38-26-22-37(23-27-38)41-30-31-47-48(34-41)52(43-29-25-36-13-5-7-15-40(36)33-43)46-19-9-8-18-45(46)51(47)42-28-24-35-12-4-6-14-39(35)32-42;1-4-14-32(15-5-1)43-37-20-10-11-21-38(37)44(33-16-6-2-7-17-33)40-30-35(28-29-39(40)43)31-24-26-34(27-25-31)45-46-41-22-12-13-23-42(41)47(45)36-18-8-3-9-19-36/h1-34H;1-30H. The normalized spacial score (nSPS) is 11.5. The van der Waals surface area contributed by atoms with Gasteiger partial charge in [-0.05, 0) is 204 Å². The van der Waals surface area contributed by atoms with Gasteiger partial charge >= 0.3 is 0 Å². The van der Waals surface area contributed by atoms with Gasteiger partial charge in [0, 0.05) is 22.5 Å². The lowest BCUT2D eigenvalue weighted by molar-refractivity contribution is 1.10. The van der Waals surface area contributed by atoms with Gasteiger partial charge < -0.3 is 0 Å². The van der Waals surface area contributed by atoms with Crippen LogP contribution in [0.25, 0.3) is 188 Å². The summed E-state index contributed by atoms with van der Waals surface area (Å²) in [7, 11) is 0. The first-order valence-electron chi connectivity index (χ1n) is 34.9. The average Bonchev–Trinajstić information content (AvgIpc) is 0.990. The van der Waals surface area contributed by atoms with E-state index in [1.807, 2.05) is 6.07 Å². The van der Waals surface area contributed by atoms with E-state index in [0.717, 1.165) is 61.8 Å². The maximum Gasteiger partial charge on any atom is 0.145 e. The smallest absolute Gasteiger partial charge is 0.145 e. The van der Waals surface area contributed by atoms with Gasteiger partial charge in [-0.15, -0.1) is 0 Å². The van der Waals surface area contributed by atoms with Crippen molar-refractivity contribution in [3.8, 4) is 101 Å². The Kier molecular flexibility index (Phi) is 14.9. The second-order valence-electron chi connectivity index (χ2n) is 26.3. The molecule has 0 atom stereocenters. The summed E-state index contributed by atoms with van der Waals surface area (Å²) in [6.45, 7) is 0. The van der Waals surface area contributed by atoms with E-state index in [2.05, 4.69) is 391 Å². The van der Waals surface area contributed by atoms with Crippen molar-refractivity contribution in [1.29, 1.82) is 0 Å². The third-order valence-electron chi connectivity index (χ3n) is 20.4. The fourth-order valence-electron chi connectivity index (χ4n) is 15.6. The predicted molar refractivity (Wildman–Crippen MR) is 431 cm³/mol. The molecule has 102 heavy (non-hydrogen) atoms. The van der Waals surface area contributed by atoms with Crippen molar-refractivity contribution in [3.05, 3.63) is 388 Å². The van der Waals surface area contributed by atoms with Crippen LogP contribution in [0.4, 0.5) is 0 Å². The molecule has 0 aliphatic rings. The fraction of sp³-hybridized carbons (Fsp3) is 0. The Balaban J connectivity index is 0.000000143. The fourth-order valence-corrected chi connectivity index (χ4v) is 15.6. The van der Waals surface area contributed by atoms with E-state index in [1.165, 1.54) is 126 Å². The maximum absolute atomic E-state index is 5.12. The summed E-state index contributed by atoms with van der Waals surface area (Å²) >= 11 is 0. The Hall–Kier alpha value is -13.5. The highest BCUT2D eigenvalue weighted by Crippen LogP contribution is 2.48. The molecule has 0 saturated carbocycles. The first kappa shape index (κ1) is 59.7. The van der Waals surface area contributed by atoms with E-state index in [1.54, 1.807) is 0 Å². The molecular formula is C98H64N4. The molecular weight excluding hydrogens is 1230 g/mol. The van der Waals surface area contributed by atoms with Crippen LogP contribution < -0.4 is 0 Å². The van der Waals surface area contributed by atoms with Gasteiger partial charge in [-0.25, -0.2) is 9.97 Å². The minimum absolute atomic E-state index is 0.933. The first-order chi connectivity index (χ1) is 50.6. The Labute approximate surface area is 591 Å². The number of benzene rings is 18. The van der Waals surface area contributed by atoms with Crippen LogP contribution in [-0.2, 0) is 0 Å². The van der Waals surface area contributed by atoms with Crippen LogP contribution in [-0.4, -0.2) is 19.1 Å². The molecule has 0 radical (unpaired) electrons. The molecule has 0 spiro atoms. The molecule has 0 unspecified atom stereocenters. The molecule has 0 aliphatic carbocycles. The van der Waals surface area contributed by atoms with Gasteiger partial charge in [0.05, 0.1) is 22.1 Å². The summed E-state index contributed by atoms with van der Waals surface area (Å²) in [5.41, 5.74) is 23.2. The van der Waals surface area contributed by atoms with Crippen molar-refractivity contribution >= 4 is 86.7 Å². The lowest BCUT2D eigenvalue weighted by Gasteiger charge is -2.19. The monoisotopic (exact) mass is 1300 g/mol. The SMILES string of the molecule is c1ccc(-c2c3ccccc3c(-c3ccccc3)c3cc(-c4ccc(-c5nc6ccccc6n5-c5ccccc5)cc4)ccc23)cc1.c1ccc(-n2c(-c3ccc(-c4ccc5c(-c6ccc7ccccc7c6)c6ccccc6c(-c6ccc7ccccc7c6)c5c4)cc3)nc3ccccc32)cc1. The summed E-state index contributed by atoms with van der Waals surface area (Å²) in [4.78, 5) is 10.2. The molecule has 0 saturated heterocycles. The molecule has 0 amide bonds. The third-order valence-corrected chi connectivity index (χ3v) is 20.4. The van der Waals surface area contributed by atoms with Gasteiger partial charge in [-0.2, -0.15) is 0 Å². The quantitative estimate of drug-likeness (QED) is 0.128. The Morgan fingerprint density at radius 3 is 0.863 bits per heavy atom. The summed E-state index contributed by atoms with van der Waals surface area (Å²) in [5, 5.41) is 15.0. The number of rotatable bonds is 10. The first-order valence-corrected chi connectivity index (χ1v) is 34.9. The minimum atomic E-state index is 0.933. The Bertz CT molecular complexity index is 6570. The van der Waals surface area contributed by atoms with Crippen LogP contribution in [0.2, 0.25) is 0 Å². The lowest BCUT2D eigenvalue weighted by atomic mass is 9.84. The molecule has 0 fully saturated rings. The molecule has 2 aromatic heterocycles. The number of imidazole rings is 2. The van der Waals surface area contributed by atoms with Crippen LogP contribution in [0.15, 0.2) is 388 Å². The van der Waals surface area contributed by atoms with E-state index in [0.29, 0.717) is 0 Å². The molecule has 20 aromatic rings. The van der Waals surface area contributed by atoms with Crippen LogP contribution in [0.5, 0.6) is 0 Å². The molecule has 4 nitrogen and oxygen atoms in total. The van der Waals surface area contributed by atoms with Crippen molar-refractivity contribution in [2.45, 2.75) is 0 Å². The molecule has 0 N–H and O–H groups in total. The summed E-state index contributed by atoms with van der Waals surface area (Å²) in [6, 6.07) is 140. The second-order valence-corrected chi connectivity index (χ2v) is 26.3. The third kappa shape index (κ3) is 10.6. The summed E-state index contributed by atoms with van der Waals surface area (Å²) in [5.74, 6) is 1.87. The Morgan fingerprint density at radius 2 is 0.451 bits per heavy atom. The minimum Gasteiger partial charge on any atom is -0.292 e. The van der Waals surface area contributed by atoms with Gasteiger partial charge in [0.2, 0.25) is 0 Å². The summed E-state index contributed by atoms with van der Waals surface area (Å²) in [6.07, 6.45) is 0. The maximum atomic E-state index is 5.12. The molecule has 4 heteroatoms. The van der Waals surface area contributed by atoms with Crippen LogP contribution in [0, 0.1) is 0 Å². The largest absolute Gasteiger partial charge is 0.292 e. The van der Waals surface area contributed by atoms with Crippen LogP contribution >= 0.6 is 0 Å². The van der Waals surface area contributed by atoms with E-state index < -0.39 is 0 Å². The van der Waals surface area contributed by atoms with Crippen LogP contribution in [0.3, 0.4) is 0 Å². The molecule has 2 heterocycles. The summed E-state index contributed by atoms with van der Waals surface area (Å²) < 4.78 is 4.51. The van der Waals surface area contributed by atoms with Crippen molar-refractivity contribution in [3.63, 3.8) is 0 Å². The molecule has 20 rings (SSSR count). The topological polar surface area (TPSA) is 35.6 Å². The van der Waals surface area contributed by atoms with E-state index in [4.69, 9.17) is 9.97 Å². The lowest BCUT2D eigenvalue weighted by Crippen LogP contribution is -1.97. The van der Waals surface area contributed by atoms with Crippen molar-refractivity contribution in [2.24, 2.45) is 0 Å². The zero-order valence-corrected chi connectivity index (χ0v) is 55.7. The number of nitrogens with zero attached hydrogens (tertiary/aromatic N) is 4. The van der Waals surface area contributed by atoms with Gasteiger partial charge in [-0.3, -0.25) is 9.13 Å². The number of fused-ring (bicyclic) bond motifs is 8. The van der Waals surface area contributed by atoms with Gasteiger partial charge in [0.15, 0.2) is 0 Å². The predicted octanol–water partition coefficient (Wildman–Crippen LogP) is 26.3. The molecule has 18 aromatic carbocycles. The number of aromatic nitrogens is 4. The molecule has 0 aliphatic heterocycles. The zero-order chi connectivity index (χ0) is 67.5. The van der Waals surface area contributed by atoms with Gasteiger partial charge in [0.25, 0.3) is 0 Å². The van der Waals surface area contributed by atoms with Crippen molar-refractivity contribution in [1.82, 2.24) is 19.1 Å². The van der Waals surface area contributed by atoms with E-state index in [9.17, 15) is 0 Å². The highest BCUT2D eigenvalue weighted by Gasteiger charge is 2.22. The van der Waals surface area contributed by atoms with Gasteiger partial charge in [-0.1, -0.05) is 315 Å². The highest BCUT2D eigenvalue weighted by molar-refractivity contribution is 6.24. The number of hydrogen-bond donors (Lipinski definition) is 0. The number of para-hydroxylation sites is 6. The Morgan fingerprint density at radius 1 is 0.167 bits per heavy atom. The van der Waals surface area contributed by atoms with Crippen LogP contribution in [0.1, 0.15) is 0 Å². The van der Waals surface area contributed by atoms with Crippen molar-refractivity contribution < 1.29 is 0 Å². The second kappa shape index (κ2) is 25.4. The molecule has 476 valence electrons.